The number of nitrogens with zero attached hydrogens (tertiary/aromatic N) is 5. The van der Waals surface area contributed by atoms with Gasteiger partial charge in [0.15, 0.2) is 0 Å². The fourth-order valence-electron chi connectivity index (χ4n) is 3.41. The van der Waals surface area contributed by atoms with E-state index in [-0.39, 0.29) is 12.5 Å². The third-order valence-electron chi connectivity index (χ3n) is 5.30. The van der Waals surface area contributed by atoms with Crippen molar-refractivity contribution in [2.45, 2.75) is 13.5 Å². The molecule has 0 atom stereocenters. The van der Waals surface area contributed by atoms with Crippen LogP contribution >= 0.6 is 0 Å². The number of benzene rings is 2. The Hall–Kier alpha value is -4.31. The third-order valence-corrected chi connectivity index (χ3v) is 5.30. The monoisotopic (exact) mass is 474 g/mol. The highest BCUT2D eigenvalue weighted by molar-refractivity contribution is 5.95. The van der Waals surface area contributed by atoms with Crippen LogP contribution < -0.4 is 14.8 Å². The second kappa shape index (κ2) is 11.2. The van der Waals surface area contributed by atoms with E-state index in [4.69, 9.17) is 14.6 Å². The lowest BCUT2D eigenvalue weighted by atomic mass is 10.1. The molecule has 0 aliphatic rings. The summed E-state index contributed by atoms with van der Waals surface area (Å²) in [6.07, 6.45) is 6.43. The molecule has 10 nitrogen and oxygen atoms in total. The predicted molar refractivity (Wildman–Crippen MR) is 131 cm³/mol. The minimum Gasteiger partial charge on any atom is -0.491 e. The molecule has 2 aromatic heterocycles. The van der Waals surface area contributed by atoms with Crippen LogP contribution in [0.5, 0.6) is 11.5 Å². The number of ether oxygens (including phenoxy) is 2. The van der Waals surface area contributed by atoms with Crippen molar-refractivity contribution in [2.24, 2.45) is 0 Å². The van der Waals surface area contributed by atoms with E-state index in [1.807, 2.05) is 43.3 Å². The summed E-state index contributed by atoms with van der Waals surface area (Å²) >= 11 is 0. The van der Waals surface area contributed by atoms with E-state index in [1.165, 1.54) is 11.2 Å². The molecule has 2 heterocycles. The first-order chi connectivity index (χ1) is 17.0. The Morgan fingerprint density at radius 1 is 1.09 bits per heavy atom. The number of anilines is 2. The Labute approximate surface area is 202 Å². The molecular formula is C25H26N6O4. The second-order valence-corrected chi connectivity index (χ2v) is 7.79. The molecule has 2 N–H and O–H groups in total. The zero-order valence-electron chi connectivity index (χ0n) is 19.5. The molecule has 0 bridgehead atoms. The number of carbonyl (C=O) groups excluding carboxylic acids is 1. The lowest BCUT2D eigenvalue weighted by Gasteiger charge is -2.17. The van der Waals surface area contributed by atoms with Crippen molar-refractivity contribution in [1.29, 1.82) is 0 Å². The molecule has 0 radical (unpaired) electrons. The SMILES string of the molecule is Cc1cc(Nc2ncnc3cccc(OCCN(C)C(=O)CO)c23)ccc1OCc1cnccn1. The number of aliphatic hydroxyl groups is 1. The molecule has 0 aliphatic carbocycles. The molecule has 0 saturated carbocycles. The lowest BCUT2D eigenvalue weighted by molar-refractivity contribution is -0.133. The summed E-state index contributed by atoms with van der Waals surface area (Å²) in [5, 5.41) is 13.1. The van der Waals surface area contributed by atoms with Crippen molar-refractivity contribution in [3.8, 4) is 11.5 Å². The first-order valence-corrected chi connectivity index (χ1v) is 11.0. The Bertz CT molecular complexity index is 1300. The standard InChI is InChI=1S/C25H26N6O4/c1-17-12-18(6-7-21(17)35-15-19-13-26-8-9-27-19)30-25-24-20(28-16-29-25)4-3-5-22(24)34-11-10-31(2)23(33)14-32/h3-9,12-13,16,32H,10-11,14-15H2,1-2H3,(H,28,29,30). The van der Waals surface area contributed by atoms with Crippen molar-refractivity contribution in [3.05, 3.63) is 72.6 Å². The summed E-state index contributed by atoms with van der Waals surface area (Å²) in [5.41, 5.74) is 3.25. The molecule has 10 heteroatoms. The van der Waals surface area contributed by atoms with E-state index in [0.717, 1.165) is 33.6 Å². The number of nitrogens with one attached hydrogen (secondary N) is 1. The van der Waals surface area contributed by atoms with Crippen LogP contribution in [0.25, 0.3) is 10.9 Å². The zero-order valence-corrected chi connectivity index (χ0v) is 19.5. The maximum absolute atomic E-state index is 11.6. The van der Waals surface area contributed by atoms with Gasteiger partial charge in [0.05, 0.1) is 29.3 Å². The van der Waals surface area contributed by atoms with E-state index < -0.39 is 6.61 Å². The maximum Gasteiger partial charge on any atom is 0.248 e. The van der Waals surface area contributed by atoms with Gasteiger partial charge in [0.1, 0.15) is 43.5 Å². The zero-order chi connectivity index (χ0) is 24.6. The maximum atomic E-state index is 11.6. The summed E-state index contributed by atoms with van der Waals surface area (Å²) in [6.45, 7) is 2.36. The van der Waals surface area contributed by atoms with Crippen LogP contribution in [0, 0.1) is 6.92 Å². The molecular weight excluding hydrogens is 448 g/mol. The third kappa shape index (κ3) is 5.98. The molecule has 180 valence electrons. The number of fused-ring (bicyclic) bond motifs is 1. The van der Waals surface area contributed by atoms with Gasteiger partial charge >= 0.3 is 0 Å². The van der Waals surface area contributed by atoms with Gasteiger partial charge in [-0.15, -0.1) is 0 Å². The largest absolute Gasteiger partial charge is 0.491 e. The van der Waals surface area contributed by atoms with Gasteiger partial charge in [0, 0.05) is 25.1 Å². The van der Waals surface area contributed by atoms with Gasteiger partial charge in [0.25, 0.3) is 0 Å². The molecule has 1 amide bonds. The normalized spacial score (nSPS) is 10.7. The molecule has 4 aromatic rings. The average molecular weight is 475 g/mol. The average Bonchev–Trinajstić information content (AvgIpc) is 2.88. The number of aryl methyl sites for hydroxylation is 1. The quantitative estimate of drug-likeness (QED) is 0.357. The molecule has 35 heavy (non-hydrogen) atoms. The second-order valence-electron chi connectivity index (χ2n) is 7.79. The number of rotatable bonds is 10. The smallest absolute Gasteiger partial charge is 0.248 e. The van der Waals surface area contributed by atoms with Crippen molar-refractivity contribution in [2.75, 3.05) is 32.1 Å². The van der Waals surface area contributed by atoms with E-state index in [2.05, 4.69) is 25.3 Å². The Morgan fingerprint density at radius 2 is 1.97 bits per heavy atom. The number of carbonyl (C=O) groups is 1. The summed E-state index contributed by atoms with van der Waals surface area (Å²) in [7, 11) is 1.62. The van der Waals surface area contributed by atoms with E-state index in [0.29, 0.717) is 24.7 Å². The first-order valence-electron chi connectivity index (χ1n) is 11.0. The molecule has 0 saturated heterocycles. The molecule has 4 rings (SSSR count). The summed E-state index contributed by atoms with van der Waals surface area (Å²) in [6, 6.07) is 11.3. The first kappa shape index (κ1) is 23.8. The van der Waals surface area contributed by atoms with Crippen molar-refractivity contribution < 1.29 is 19.4 Å². The highest BCUT2D eigenvalue weighted by atomic mass is 16.5. The van der Waals surface area contributed by atoms with E-state index in [9.17, 15) is 4.79 Å². The van der Waals surface area contributed by atoms with Gasteiger partial charge in [-0.3, -0.25) is 14.8 Å². The van der Waals surface area contributed by atoms with Crippen LogP contribution in [0.4, 0.5) is 11.5 Å². The van der Waals surface area contributed by atoms with Gasteiger partial charge in [-0.2, -0.15) is 0 Å². The number of amides is 1. The van der Waals surface area contributed by atoms with Gasteiger partial charge < -0.3 is 24.8 Å². The Balaban J connectivity index is 1.49. The molecule has 0 fully saturated rings. The highest BCUT2D eigenvalue weighted by Crippen LogP contribution is 2.32. The number of aromatic nitrogens is 4. The van der Waals surface area contributed by atoms with Crippen LogP contribution in [-0.4, -0.2) is 62.7 Å². The van der Waals surface area contributed by atoms with Gasteiger partial charge in [0.2, 0.25) is 5.91 Å². The summed E-state index contributed by atoms with van der Waals surface area (Å²) in [4.78, 5) is 30.0. The van der Waals surface area contributed by atoms with Crippen molar-refractivity contribution in [1.82, 2.24) is 24.8 Å². The number of aliphatic hydroxyl groups excluding tert-OH is 1. The van der Waals surface area contributed by atoms with Crippen molar-refractivity contribution in [3.63, 3.8) is 0 Å². The molecule has 0 aliphatic heterocycles. The summed E-state index contributed by atoms with van der Waals surface area (Å²) in [5.74, 6) is 1.57. The van der Waals surface area contributed by atoms with Crippen LogP contribution in [0.2, 0.25) is 0 Å². The molecule has 0 unspecified atom stereocenters. The number of hydrogen-bond acceptors (Lipinski definition) is 9. The van der Waals surface area contributed by atoms with Gasteiger partial charge in [-0.25, -0.2) is 9.97 Å². The van der Waals surface area contributed by atoms with Gasteiger partial charge in [-0.1, -0.05) is 6.07 Å². The fourth-order valence-corrected chi connectivity index (χ4v) is 3.41. The molecule has 2 aromatic carbocycles. The minimum atomic E-state index is -0.531. The minimum absolute atomic E-state index is 0.257. The Kier molecular flexibility index (Phi) is 7.63. The van der Waals surface area contributed by atoms with Crippen molar-refractivity contribution >= 4 is 28.3 Å². The van der Waals surface area contributed by atoms with E-state index >= 15 is 0 Å². The topological polar surface area (TPSA) is 123 Å². The number of likely N-dealkylation sites (N-methyl/N-ethyl adjacent to an activating group) is 1. The lowest BCUT2D eigenvalue weighted by Crippen LogP contribution is -2.32. The number of hydrogen-bond donors (Lipinski definition) is 2. The fraction of sp³-hybridized carbons (Fsp3) is 0.240. The van der Waals surface area contributed by atoms with Crippen LogP contribution in [-0.2, 0) is 11.4 Å². The van der Waals surface area contributed by atoms with E-state index in [1.54, 1.807) is 25.6 Å². The summed E-state index contributed by atoms with van der Waals surface area (Å²) < 4.78 is 11.8. The molecule has 0 spiro atoms. The van der Waals surface area contributed by atoms with Crippen LogP contribution in [0.3, 0.4) is 0 Å². The predicted octanol–water partition coefficient (Wildman–Crippen LogP) is 2.88. The Morgan fingerprint density at radius 3 is 2.74 bits per heavy atom. The van der Waals surface area contributed by atoms with Crippen LogP contribution in [0.15, 0.2) is 61.3 Å². The van der Waals surface area contributed by atoms with Gasteiger partial charge in [-0.05, 0) is 42.8 Å². The van der Waals surface area contributed by atoms with Crippen LogP contribution in [0.1, 0.15) is 11.3 Å². The highest BCUT2D eigenvalue weighted by Gasteiger charge is 2.13.